The first-order valence-corrected chi connectivity index (χ1v) is 11.7. The number of carbonyl (C=O) groups excluding carboxylic acids is 1. The van der Waals surface area contributed by atoms with Gasteiger partial charge in [-0.1, -0.05) is 34.1 Å². The zero-order chi connectivity index (χ0) is 22.2. The van der Waals surface area contributed by atoms with Gasteiger partial charge in [-0.25, -0.2) is 13.6 Å². The molecule has 6 nitrogen and oxygen atoms in total. The molecule has 0 spiro atoms. The van der Waals surface area contributed by atoms with Crippen molar-refractivity contribution in [3.05, 3.63) is 81.6 Å². The average Bonchev–Trinajstić information content (AvgIpc) is 2.99. The monoisotopic (exact) mass is 489 g/mol. The van der Waals surface area contributed by atoms with Crippen molar-refractivity contribution in [2.24, 2.45) is 5.14 Å². The van der Waals surface area contributed by atoms with Gasteiger partial charge in [0.2, 0.25) is 10.0 Å². The predicted molar refractivity (Wildman–Crippen MR) is 121 cm³/mol. The van der Waals surface area contributed by atoms with Crippen LogP contribution in [0.15, 0.2) is 64.0 Å². The van der Waals surface area contributed by atoms with Gasteiger partial charge in [-0.2, -0.15) is 0 Å². The van der Waals surface area contributed by atoms with Crippen LogP contribution in [0.1, 0.15) is 40.3 Å². The van der Waals surface area contributed by atoms with Gasteiger partial charge in [-0.05, 0) is 62.7 Å². The number of nitrogens with zero attached hydrogens (tertiary/aromatic N) is 2. The summed E-state index contributed by atoms with van der Waals surface area (Å²) in [7, 11) is -2.01. The molecule has 3 rings (SSSR count). The number of hydrogen-bond donors (Lipinski definition) is 1. The van der Waals surface area contributed by atoms with Gasteiger partial charge < -0.3 is 9.47 Å². The maximum atomic E-state index is 13.3. The standard InChI is InChI=1S/C22H24BrN3O3S/c1-14-12-21(16(3)26(14)19-7-5-6-18(23)13-19)22(27)25(4)15(2)17-8-10-20(11-9-17)30(24,28)29/h5-13,15H,1-4H3,(H2,24,28,29). The summed E-state index contributed by atoms with van der Waals surface area (Å²) in [5.41, 5.74) is 4.25. The van der Waals surface area contributed by atoms with Gasteiger partial charge in [0.25, 0.3) is 5.91 Å². The molecule has 0 saturated heterocycles. The first-order chi connectivity index (χ1) is 14.0. The van der Waals surface area contributed by atoms with Gasteiger partial charge >= 0.3 is 0 Å². The molecule has 1 unspecified atom stereocenters. The number of aromatic nitrogens is 1. The SMILES string of the molecule is Cc1cc(C(=O)N(C)C(C)c2ccc(S(N)(=O)=O)cc2)c(C)n1-c1cccc(Br)c1. The van der Waals surface area contributed by atoms with Crippen molar-refractivity contribution in [1.29, 1.82) is 0 Å². The fourth-order valence-corrected chi connectivity index (χ4v) is 4.42. The molecule has 2 aromatic carbocycles. The number of primary sulfonamides is 1. The molecule has 0 aliphatic rings. The topological polar surface area (TPSA) is 85.4 Å². The second-order valence-corrected chi connectivity index (χ2v) is 9.78. The van der Waals surface area contributed by atoms with E-state index >= 15 is 0 Å². The van der Waals surface area contributed by atoms with Crippen molar-refractivity contribution in [2.45, 2.75) is 31.7 Å². The largest absolute Gasteiger partial charge is 0.335 e. The minimum absolute atomic E-state index is 0.0463. The van der Waals surface area contributed by atoms with Crippen LogP contribution in [0.4, 0.5) is 0 Å². The first kappa shape index (κ1) is 22.3. The molecule has 8 heteroatoms. The third kappa shape index (κ3) is 4.35. The average molecular weight is 490 g/mol. The summed E-state index contributed by atoms with van der Waals surface area (Å²) in [4.78, 5) is 15.0. The number of nitrogens with two attached hydrogens (primary N) is 1. The molecule has 0 fully saturated rings. The van der Waals surface area contributed by atoms with E-state index in [1.165, 1.54) is 12.1 Å². The molecule has 2 N–H and O–H groups in total. The summed E-state index contributed by atoms with van der Waals surface area (Å²) >= 11 is 3.50. The van der Waals surface area contributed by atoms with E-state index in [0.29, 0.717) is 5.56 Å². The van der Waals surface area contributed by atoms with Crippen LogP contribution in [0.3, 0.4) is 0 Å². The maximum absolute atomic E-state index is 13.3. The van der Waals surface area contributed by atoms with Crippen molar-refractivity contribution in [3.8, 4) is 5.69 Å². The molecule has 1 heterocycles. The van der Waals surface area contributed by atoms with E-state index in [-0.39, 0.29) is 16.8 Å². The van der Waals surface area contributed by atoms with Gasteiger partial charge in [0.15, 0.2) is 0 Å². The third-order valence-electron chi connectivity index (χ3n) is 5.32. The highest BCUT2D eigenvalue weighted by Crippen LogP contribution is 2.27. The predicted octanol–water partition coefficient (Wildman–Crippen LogP) is 4.34. The van der Waals surface area contributed by atoms with Gasteiger partial charge in [0.05, 0.1) is 16.5 Å². The van der Waals surface area contributed by atoms with Crippen LogP contribution in [0.2, 0.25) is 0 Å². The lowest BCUT2D eigenvalue weighted by Crippen LogP contribution is -2.30. The van der Waals surface area contributed by atoms with Crippen LogP contribution in [0.5, 0.6) is 0 Å². The maximum Gasteiger partial charge on any atom is 0.255 e. The number of rotatable bonds is 5. The summed E-state index contributed by atoms with van der Waals surface area (Å²) in [6.45, 7) is 5.80. The number of halogens is 1. The quantitative estimate of drug-likeness (QED) is 0.578. The van der Waals surface area contributed by atoms with E-state index in [2.05, 4.69) is 20.5 Å². The molecule has 0 radical (unpaired) electrons. The minimum atomic E-state index is -3.75. The fraction of sp³-hybridized carbons (Fsp3) is 0.227. The van der Waals surface area contributed by atoms with Gasteiger partial charge in [-0.15, -0.1) is 0 Å². The van der Waals surface area contributed by atoms with Crippen LogP contribution in [0, 0.1) is 13.8 Å². The lowest BCUT2D eigenvalue weighted by Gasteiger charge is -2.25. The summed E-state index contributed by atoms with van der Waals surface area (Å²) in [5, 5.41) is 5.16. The number of sulfonamides is 1. The van der Waals surface area contributed by atoms with Crippen LogP contribution >= 0.6 is 15.9 Å². The molecule has 30 heavy (non-hydrogen) atoms. The highest BCUT2D eigenvalue weighted by molar-refractivity contribution is 9.10. The van der Waals surface area contributed by atoms with E-state index in [0.717, 1.165) is 27.1 Å². The molecular weight excluding hydrogens is 466 g/mol. The van der Waals surface area contributed by atoms with E-state index in [4.69, 9.17) is 5.14 Å². The smallest absolute Gasteiger partial charge is 0.255 e. The summed E-state index contributed by atoms with van der Waals surface area (Å²) in [5.74, 6) is -0.104. The van der Waals surface area contributed by atoms with Crippen LogP contribution < -0.4 is 5.14 Å². The van der Waals surface area contributed by atoms with Crippen molar-refractivity contribution in [2.75, 3.05) is 7.05 Å². The Morgan fingerprint density at radius 1 is 1.10 bits per heavy atom. The van der Waals surface area contributed by atoms with E-state index in [9.17, 15) is 13.2 Å². The summed E-state index contributed by atoms with van der Waals surface area (Å²) in [6.07, 6.45) is 0. The summed E-state index contributed by atoms with van der Waals surface area (Å²) < 4.78 is 25.9. The lowest BCUT2D eigenvalue weighted by molar-refractivity contribution is 0.0742. The molecule has 1 amide bonds. The fourth-order valence-electron chi connectivity index (χ4n) is 3.52. The summed E-state index contributed by atoms with van der Waals surface area (Å²) in [6, 6.07) is 15.8. The Kier molecular flexibility index (Phi) is 6.21. The normalized spacial score (nSPS) is 12.6. The lowest BCUT2D eigenvalue weighted by atomic mass is 10.1. The zero-order valence-corrected chi connectivity index (χ0v) is 19.7. The number of hydrogen-bond acceptors (Lipinski definition) is 3. The molecular formula is C22H24BrN3O3S. The van der Waals surface area contributed by atoms with Crippen LogP contribution in [0.25, 0.3) is 5.69 Å². The Morgan fingerprint density at radius 3 is 2.30 bits per heavy atom. The Morgan fingerprint density at radius 2 is 1.73 bits per heavy atom. The second-order valence-electron chi connectivity index (χ2n) is 7.31. The van der Waals surface area contributed by atoms with Crippen molar-refractivity contribution in [3.63, 3.8) is 0 Å². The first-order valence-electron chi connectivity index (χ1n) is 9.35. The van der Waals surface area contributed by atoms with E-state index in [1.54, 1.807) is 24.1 Å². The molecule has 3 aromatic rings. The number of carbonyl (C=O) groups is 1. The number of aryl methyl sites for hydroxylation is 1. The Balaban J connectivity index is 1.90. The molecule has 1 aromatic heterocycles. The Labute approximate surface area is 185 Å². The number of amides is 1. The molecule has 0 saturated carbocycles. The van der Waals surface area contributed by atoms with E-state index in [1.807, 2.05) is 51.1 Å². The molecule has 0 bridgehead atoms. The molecule has 1 atom stereocenters. The van der Waals surface area contributed by atoms with Crippen molar-refractivity contribution < 1.29 is 13.2 Å². The number of benzene rings is 2. The second kappa shape index (κ2) is 8.37. The zero-order valence-electron chi connectivity index (χ0n) is 17.3. The van der Waals surface area contributed by atoms with Crippen LogP contribution in [-0.4, -0.2) is 30.8 Å². The molecule has 158 valence electrons. The Hall–Kier alpha value is -2.42. The highest BCUT2D eigenvalue weighted by Gasteiger charge is 2.24. The highest BCUT2D eigenvalue weighted by atomic mass is 79.9. The minimum Gasteiger partial charge on any atom is -0.335 e. The van der Waals surface area contributed by atoms with E-state index < -0.39 is 10.0 Å². The van der Waals surface area contributed by atoms with Gasteiger partial charge in [0.1, 0.15) is 0 Å². The van der Waals surface area contributed by atoms with Crippen molar-refractivity contribution in [1.82, 2.24) is 9.47 Å². The van der Waals surface area contributed by atoms with Crippen LogP contribution in [-0.2, 0) is 10.0 Å². The van der Waals surface area contributed by atoms with Crippen molar-refractivity contribution >= 4 is 31.9 Å². The third-order valence-corrected chi connectivity index (χ3v) is 6.74. The van der Waals surface area contributed by atoms with Gasteiger partial charge in [0, 0.05) is 28.6 Å². The molecule has 0 aliphatic heterocycles. The molecule has 0 aliphatic carbocycles. The van der Waals surface area contributed by atoms with Gasteiger partial charge in [-0.3, -0.25) is 4.79 Å². The Bertz CT molecular complexity index is 1200.